The number of hydrogen-bond donors (Lipinski definition) is 1. The summed E-state index contributed by atoms with van der Waals surface area (Å²) in [5, 5.41) is 10.4. The van der Waals surface area contributed by atoms with Crippen LogP contribution in [0.1, 0.15) is 12.5 Å². The molecule has 26 heavy (non-hydrogen) atoms. The molecule has 0 aliphatic carbocycles. The van der Waals surface area contributed by atoms with Gasteiger partial charge in [0.1, 0.15) is 18.0 Å². The van der Waals surface area contributed by atoms with Crippen molar-refractivity contribution in [2.45, 2.75) is 25.7 Å². The summed E-state index contributed by atoms with van der Waals surface area (Å²) in [4.78, 5) is 11.5. The summed E-state index contributed by atoms with van der Waals surface area (Å²) in [6, 6.07) is 18.8. The maximum Gasteiger partial charge on any atom is 0.330 e. The third kappa shape index (κ3) is 7.09. The van der Waals surface area contributed by atoms with Crippen molar-refractivity contribution in [2.24, 2.45) is 0 Å². The number of hydrogen-bond acceptors (Lipinski definition) is 5. The summed E-state index contributed by atoms with van der Waals surface area (Å²) in [6.45, 7) is 2.48. The van der Waals surface area contributed by atoms with Crippen LogP contribution in [-0.2, 0) is 20.9 Å². The van der Waals surface area contributed by atoms with Crippen LogP contribution in [0.4, 0.5) is 0 Å². The molecule has 0 saturated heterocycles. The number of para-hydroxylation sites is 1. The Balaban J connectivity index is 1.95. The quantitative estimate of drug-likeness (QED) is 0.523. The van der Waals surface area contributed by atoms with E-state index in [0.29, 0.717) is 12.4 Å². The second-order valence-corrected chi connectivity index (χ2v) is 5.57. The van der Waals surface area contributed by atoms with E-state index in [2.05, 4.69) is 0 Å². The van der Waals surface area contributed by atoms with E-state index in [9.17, 15) is 9.90 Å². The largest absolute Gasteiger partial charge is 0.484 e. The molecule has 2 atom stereocenters. The first-order valence-electron chi connectivity index (χ1n) is 8.55. The van der Waals surface area contributed by atoms with Gasteiger partial charge in [-0.1, -0.05) is 48.5 Å². The van der Waals surface area contributed by atoms with E-state index in [-0.39, 0.29) is 13.2 Å². The first-order valence-corrected chi connectivity index (χ1v) is 8.55. The zero-order valence-corrected chi connectivity index (χ0v) is 14.8. The Bertz CT molecular complexity index is 669. The van der Waals surface area contributed by atoms with Crippen LogP contribution < -0.4 is 4.74 Å². The molecule has 0 heterocycles. The summed E-state index contributed by atoms with van der Waals surface area (Å²) in [5.41, 5.74) is 1.02. The molecule has 2 aromatic carbocycles. The zero-order valence-electron chi connectivity index (χ0n) is 14.8. The molecule has 0 radical (unpaired) electrons. The topological polar surface area (TPSA) is 65.0 Å². The highest BCUT2D eigenvalue weighted by molar-refractivity contribution is 5.81. The molecule has 0 bridgehead atoms. The smallest absolute Gasteiger partial charge is 0.330 e. The standard InChI is InChI=1S/C21H24O5/c1-2-25-21(23)14-13-20(26-18-11-7-4-8-12-18)19(22)16-24-15-17-9-5-3-6-10-17/h3-14,19-20,22H,2,15-16H2,1H3/b14-13+/t19-,20-/m0/s1. The van der Waals surface area contributed by atoms with Gasteiger partial charge in [0.15, 0.2) is 0 Å². The normalized spacial score (nSPS) is 13.3. The minimum Gasteiger partial charge on any atom is -0.484 e. The van der Waals surface area contributed by atoms with Gasteiger partial charge in [-0.15, -0.1) is 0 Å². The Morgan fingerprint density at radius 2 is 1.73 bits per heavy atom. The number of aliphatic hydroxyl groups excluding tert-OH is 1. The molecule has 2 aromatic rings. The third-order valence-electron chi connectivity index (χ3n) is 3.50. The predicted octanol–water partition coefficient (Wildman–Crippen LogP) is 3.13. The van der Waals surface area contributed by atoms with Gasteiger partial charge in [0, 0.05) is 6.08 Å². The lowest BCUT2D eigenvalue weighted by atomic mass is 10.2. The molecular weight excluding hydrogens is 332 g/mol. The Hall–Kier alpha value is -2.63. The van der Waals surface area contributed by atoms with Crippen LogP contribution in [0.2, 0.25) is 0 Å². The van der Waals surface area contributed by atoms with E-state index in [1.54, 1.807) is 19.1 Å². The number of esters is 1. The molecule has 0 aliphatic heterocycles. The van der Waals surface area contributed by atoms with Gasteiger partial charge in [0.25, 0.3) is 0 Å². The molecular formula is C21H24O5. The molecule has 5 heteroatoms. The van der Waals surface area contributed by atoms with Crippen LogP contribution in [0, 0.1) is 0 Å². The second-order valence-electron chi connectivity index (χ2n) is 5.57. The zero-order chi connectivity index (χ0) is 18.6. The fourth-order valence-electron chi connectivity index (χ4n) is 2.23. The number of carbonyl (C=O) groups is 1. The van der Waals surface area contributed by atoms with E-state index >= 15 is 0 Å². The number of carbonyl (C=O) groups excluding carboxylic acids is 1. The van der Waals surface area contributed by atoms with Crippen molar-refractivity contribution in [1.82, 2.24) is 0 Å². The summed E-state index contributed by atoms with van der Waals surface area (Å²) >= 11 is 0. The molecule has 0 fully saturated rings. The van der Waals surface area contributed by atoms with Gasteiger partial charge in [0.05, 0.1) is 19.8 Å². The maximum atomic E-state index is 11.5. The highest BCUT2D eigenvalue weighted by atomic mass is 16.5. The monoisotopic (exact) mass is 356 g/mol. The highest BCUT2D eigenvalue weighted by Crippen LogP contribution is 2.14. The first kappa shape index (κ1) is 19.7. The molecule has 0 aromatic heterocycles. The second kappa shape index (κ2) is 11.1. The van der Waals surface area contributed by atoms with Gasteiger partial charge < -0.3 is 19.3 Å². The first-order chi connectivity index (χ1) is 12.7. The molecule has 138 valence electrons. The van der Waals surface area contributed by atoms with Crippen LogP contribution in [0.5, 0.6) is 5.75 Å². The summed E-state index contributed by atoms with van der Waals surface area (Å²) in [5.74, 6) is 0.111. The lowest BCUT2D eigenvalue weighted by molar-refractivity contribution is -0.137. The van der Waals surface area contributed by atoms with E-state index in [4.69, 9.17) is 14.2 Å². The number of aliphatic hydroxyl groups is 1. The molecule has 2 rings (SSSR count). The van der Waals surface area contributed by atoms with Crippen molar-refractivity contribution >= 4 is 5.97 Å². The SMILES string of the molecule is CCOC(=O)/C=C/[C@H](Oc1ccccc1)[C@@H](O)COCc1ccccc1. The van der Waals surface area contributed by atoms with Crippen LogP contribution in [-0.4, -0.2) is 36.5 Å². The summed E-state index contributed by atoms with van der Waals surface area (Å²) < 4.78 is 16.2. The highest BCUT2D eigenvalue weighted by Gasteiger charge is 2.19. The van der Waals surface area contributed by atoms with E-state index in [0.717, 1.165) is 5.56 Å². The number of rotatable bonds is 10. The van der Waals surface area contributed by atoms with Crippen LogP contribution >= 0.6 is 0 Å². The molecule has 5 nitrogen and oxygen atoms in total. The van der Waals surface area contributed by atoms with Gasteiger partial charge >= 0.3 is 5.97 Å². The molecule has 0 spiro atoms. The molecule has 0 saturated carbocycles. The van der Waals surface area contributed by atoms with Gasteiger partial charge in [-0.05, 0) is 30.7 Å². The average Bonchev–Trinajstić information content (AvgIpc) is 2.67. The van der Waals surface area contributed by atoms with Crippen molar-refractivity contribution in [2.75, 3.05) is 13.2 Å². The van der Waals surface area contributed by atoms with Gasteiger partial charge in [-0.3, -0.25) is 0 Å². The Kier molecular flexibility index (Phi) is 8.39. The van der Waals surface area contributed by atoms with E-state index < -0.39 is 18.2 Å². The maximum absolute atomic E-state index is 11.5. The predicted molar refractivity (Wildman–Crippen MR) is 98.7 cm³/mol. The van der Waals surface area contributed by atoms with Gasteiger partial charge in [-0.2, -0.15) is 0 Å². The Labute approximate surface area is 153 Å². The van der Waals surface area contributed by atoms with Gasteiger partial charge in [-0.25, -0.2) is 4.79 Å². The number of ether oxygens (including phenoxy) is 3. The van der Waals surface area contributed by atoms with Crippen molar-refractivity contribution in [3.05, 3.63) is 78.4 Å². The lowest BCUT2D eigenvalue weighted by Gasteiger charge is -2.21. The minimum absolute atomic E-state index is 0.0690. The summed E-state index contributed by atoms with van der Waals surface area (Å²) in [6.07, 6.45) is 1.07. The van der Waals surface area contributed by atoms with Gasteiger partial charge in [0.2, 0.25) is 0 Å². The Morgan fingerprint density at radius 1 is 1.08 bits per heavy atom. The molecule has 0 amide bonds. The fourth-order valence-corrected chi connectivity index (χ4v) is 2.23. The average molecular weight is 356 g/mol. The van der Waals surface area contributed by atoms with Crippen molar-refractivity contribution in [3.8, 4) is 5.75 Å². The molecule has 0 unspecified atom stereocenters. The van der Waals surface area contributed by atoms with Crippen LogP contribution in [0.25, 0.3) is 0 Å². The van der Waals surface area contributed by atoms with Crippen LogP contribution in [0.3, 0.4) is 0 Å². The van der Waals surface area contributed by atoms with E-state index in [1.165, 1.54) is 12.2 Å². The molecule has 1 N–H and O–H groups in total. The minimum atomic E-state index is -0.940. The van der Waals surface area contributed by atoms with Crippen molar-refractivity contribution < 1.29 is 24.1 Å². The number of benzene rings is 2. The van der Waals surface area contributed by atoms with Crippen molar-refractivity contribution in [3.63, 3.8) is 0 Å². The Morgan fingerprint density at radius 3 is 2.38 bits per heavy atom. The van der Waals surface area contributed by atoms with E-state index in [1.807, 2.05) is 48.5 Å². The summed E-state index contributed by atoms with van der Waals surface area (Å²) in [7, 11) is 0. The van der Waals surface area contributed by atoms with Crippen LogP contribution in [0.15, 0.2) is 72.8 Å². The van der Waals surface area contributed by atoms with Crippen molar-refractivity contribution in [1.29, 1.82) is 0 Å². The lowest BCUT2D eigenvalue weighted by Crippen LogP contribution is -2.34. The third-order valence-corrected chi connectivity index (χ3v) is 3.50. The fraction of sp³-hybridized carbons (Fsp3) is 0.286. The molecule has 0 aliphatic rings.